The van der Waals surface area contributed by atoms with Crippen molar-refractivity contribution in [3.8, 4) is 0 Å². The van der Waals surface area contributed by atoms with Gasteiger partial charge in [0, 0.05) is 6.54 Å². The lowest BCUT2D eigenvalue weighted by Gasteiger charge is -2.30. The Hall–Kier alpha value is -1.30. The summed E-state index contributed by atoms with van der Waals surface area (Å²) in [5.41, 5.74) is 0.483. The van der Waals surface area contributed by atoms with Crippen molar-refractivity contribution in [1.82, 2.24) is 10.3 Å². The summed E-state index contributed by atoms with van der Waals surface area (Å²) in [6.07, 6.45) is 6.62. The van der Waals surface area contributed by atoms with Crippen LogP contribution < -0.4 is 10.6 Å². The lowest BCUT2D eigenvalue weighted by Crippen LogP contribution is -2.48. The summed E-state index contributed by atoms with van der Waals surface area (Å²) in [6.45, 7) is 6.38. The van der Waals surface area contributed by atoms with Gasteiger partial charge in [-0.3, -0.25) is 0 Å². The molecule has 5 nitrogen and oxygen atoms in total. The normalized spacial score (nSPS) is 18.8. The van der Waals surface area contributed by atoms with E-state index in [-0.39, 0.29) is 12.1 Å². The first-order chi connectivity index (χ1) is 11.8. The van der Waals surface area contributed by atoms with E-state index in [9.17, 15) is 4.79 Å². The standard InChI is InChI=1S/C19H28BrN3O2/c1-19(2,3)25-18(24)23-15(17(12-4-5-12)13-6-7-13)11-21-14-8-9-16(20)22-10-14/h8-10,12-13,15,17,21H,4-7,11H2,1-3H3,(H,23,24)/t15-/m1/s1. The fraction of sp³-hybridized carbons (Fsp3) is 0.684. The molecule has 0 unspecified atom stereocenters. The van der Waals surface area contributed by atoms with Gasteiger partial charge < -0.3 is 15.4 Å². The third-order valence-electron chi connectivity index (χ3n) is 4.75. The van der Waals surface area contributed by atoms with Crippen LogP contribution in [0.3, 0.4) is 0 Å². The van der Waals surface area contributed by atoms with E-state index in [2.05, 4.69) is 31.5 Å². The van der Waals surface area contributed by atoms with Crippen molar-refractivity contribution in [2.24, 2.45) is 17.8 Å². The van der Waals surface area contributed by atoms with Crippen molar-refractivity contribution in [3.05, 3.63) is 22.9 Å². The van der Waals surface area contributed by atoms with Crippen LogP contribution in [0, 0.1) is 17.8 Å². The third kappa shape index (κ3) is 5.87. The highest BCUT2D eigenvalue weighted by molar-refractivity contribution is 9.10. The van der Waals surface area contributed by atoms with Crippen LogP contribution in [0.1, 0.15) is 46.5 Å². The summed E-state index contributed by atoms with van der Waals surface area (Å²) in [5.74, 6) is 2.04. The molecule has 2 fully saturated rings. The zero-order chi connectivity index (χ0) is 18.0. The number of hydrogen-bond acceptors (Lipinski definition) is 4. The van der Waals surface area contributed by atoms with Gasteiger partial charge in [-0.1, -0.05) is 0 Å². The van der Waals surface area contributed by atoms with Crippen molar-refractivity contribution >= 4 is 27.7 Å². The maximum Gasteiger partial charge on any atom is 0.407 e. The van der Waals surface area contributed by atoms with E-state index in [1.165, 1.54) is 25.7 Å². The Morgan fingerprint density at radius 3 is 2.40 bits per heavy atom. The highest BCUT2D eigenvalue weighted by Gasteiger charge is 2.46. The first-order valence-corrected chi connectivity index (χ1v) is 9.96. The lowest BCUT2D eigenvalue weighted by atomic mass is 9.89. The number of aromatic nitrogens is 1. The minimum Gasteiger partial charge on any atom is -0.444 e. The van der Waals surface area contributed by atoms with Gasteiger partial charge >= 0.3 is 6.09 Å². The molecule has 6 heteroatoms. The van der Waals surface area contributed by atoms with Crippen molar-refractivity contribution in [2.75, 3.05) is 11.9 Å². The smallest absolute Gasteiger partial charge is 0.407 e. The predicted molar refractivity (Wildman–Crippen MR) is 103 cm³/mol. The molecule has 0 radical (unpaired) electrons. The van der Waals surface area contributed by atoms with Gasteiger partial charge in [-0.25, -0.2) is 9.78 Å². The number of amides is 1. The van der Waals surface area contributed by atoms with Gasteiger partial charge in [-0.05, 0) is 92.3 Å². The second kappa shape index (κ2) is 7.52. The molecule has 1 aromatic heterocycles. The number of ether oxygens (including phenoxy) is 1. The minimum atomic E-state index is -0.480. The number of hydrogen-bond donors (Lipinski definition) is 2. The SMILES string of the molecule is CC(C)(C)OC(=O)N[C@H](CNc1ccc(Br)nc1)C(C1CC1)C1CC1. The lowest BCUT2D eigenvalue weighted by molar-refractivity contribution is 0.0480. The largest absolute Gasteiger partial charge is 0.444 e. The Bertz CT molecular complexity index is 580. The molecule has 0 bridgehead atoms. The Balaban J connectivity index is 1.65. The van der Waals surface area contributed by atoms with Gasteiger partial charge in [0.05, 0.1) is 17.9 Å². The molecule has 0 saturated heterocycles. The van der Waals surface area contributed by atoms with E-state index in [4.69, 9.17) is 4.74 Å². The maximum absolute atomic E-state index is 12.3. The molecule has 2 N–H and O–H groups in total. The average Bonchev–Trinajstić information content (AvgIpc) is 3.39. The number of carbonyl (C=O) groups is 1. The van der Waals surface area contributed by atoms with Crippen molar-refractivity contribution in [2.45, 2.75) is 58.1 Å². The van der Waals surface area contributed by atoms with Crippen LogP contribution >= 0.6 is 15.9 Å². The van der Waals surface area contributed by atoms with E-state index in [1.807, 2.05) is 32.9 Å². The molecular weight excluding hydrogens is 382 g/mol. The molecule has 138 valence electrons. The van der Waals surface area contributed by atoms with E-state index in [0.717, 1.165) is 22.1 Å². The van der Waals surface area contributed by atoms with Crippen LogP contribution in [-0.2, 0) is 4.74 Å². The number of carbonyl (C=O) groups excluding carboxylic acids is 1. The number of alkyl carbamates (subject to hydrolysis) is 1. The molecule has 2 aliphatic carbocycles. The average molecular weight is 410 g/mol. The van der Waals surface area contributed by atoms with Crippen LogP contribution in [0.4, 0.5) is 10.5 Å². The van der Waals surface area contributed by atoms with Crippen LogP contribution in [0.25, 0.3) is 0 Å². The number of nitrogens with one attached hydrogen (secondary N) is 2. The fourth-order valence-corrected chi connectivity index (χ4v) is 3.69. The second-order valence-electron chi connectivity index (χ2n) is 8.26. The van der Waals surface area contributed by atoms with Crippen LogP contribution in [-0.4, -0.2) is 29.3 Å². The molecule has 1 atom stereocenters. The summed E-state index contributed by atoms with van der Waals surface area (Å²) in [7, 11) is 0. The highest BCUT2D eigenvalue weighted by Crippen LogP contribution is 2.50. The van der Waals surface area contributed by atoms with Crippen molar-refractivity contribution < 1.29 is 9.53 Å². The Labute approximate surface area is 158 Å². The van der Waals surface area contributed by atoms with E-state index >= 15 is 0 Å². The van der Waals surface area contributed by atoms with Crippen LogP contribution in [0.5, 0.6) is 0 Å². The Morgan fingerprint density at radius 2 is 1.92 bits per heavy atom. The van der Waals surface area contributed by atoms with E-state index in [0.29, 0.717) is 12.5 Å². The summed E-state index contributed by atoms with van der Waals surface area (Å²) in [4.78, 5) is 16.6. The number of halogens is 1. The molecule has 2 saturated carbocycles. The zero-order valence-corrected chi connectivity index (χ0v) is 16.8. The summed E-state index contributed by atoms with van der Waals surface area (Å²) in [5, 5.41) is 6.58. The Morgan fingerprint density at radius 1 is 1.28 bits per heavy atom. The van der Waals surface area contributed by atoms with Crippen molar-refractivity contribution in [3.63, 3.8) is 0 Å². The summed E-state index contributed by atoms with van der Waals surface area (Å²) < 4.78 is 6.31. The molecule has 1 amide bonds. The number of rotatable bonds is 7. The minimum absolute atomic E-state index is 0.0819. The van der Waals surface area contributed by atoms with Gasteiger partial charge in [0.2, 0.25) is 0 Å². The molecule has 0 aliphatic heterocycles. The zero-order valence-electron chi connectivity index (χ0n) is 15.2. The molecule has 25 heavy (non-hydrogen) atoms. The van der Waals surface area contributed by atoms with Gasteiger partial charge in [0.1, 0.15) is 10.2 Å². The quantitative estimate of drug-likeness (QED) is 0.646. The molecule has 2 aliphatic rings. The monoisotopic (exact) mass is 409 g/mol. The maximum atomic E-state index is 12.3. The topological polar surface area (TPSA) is 63.2 Å². The number of pyridine rings is 1. The highest BCUT2D eigenvalue weighted by atomic mass is 79.9. The molecule has 0 spiro atoms. The molecular formula is C19H28BrN3O2. The van der Waals surface area contributed by atoms with Gasteiger partial charge in [-0.15, -0.1) is 0 Å². The van der Waals surface area contributed by atoms with E-state index in [1.54, 1.807) is 6.20 Å². The Kier molecular flexibility index (Phi) is 5.56. The number of nitrogens with zero attached hydrogens (tertiary/aromatic N) is 1. The van der Waals surface area contributed by atoms with Crippen LogP contribution in [0.2, 0.25) is 0 Å². The summed E-state index contributed by atoms with van der Waals surface area (Å²) >= 11 is 3.35. The summed E-state index contributed by atoms with van der Waals surface area (Å²) in [6, 6.07) is 3.99. The third-order valence-corrected chi connectivity index (χ3v) is 5.22. The first-order valence-electron chi connectivity index (χ1n) is 9.17. The van der Waals surface area contributed by atoms with Gasteiger partial charge in [-0.2, -0.15) is 0 Å². The van der Waals surface area contributed by atoms with Gasteiger partial charge in [0.15, 0.2) is 0 Å². The molecule has 3 rings (SSSR count). The number of anilines is 1. The molecule has 0 aromatic carbocycles. The fourth-order valence-electron chi connectivity index (χ4n) is 3.45. The van der Waals surface area contributed by atoms with Crippen LogP contribution in [0.15, 0.2) is 22.9 Å². The van der Waals surface area contributed by atoms with Crippen molar-refractivity contribution in [1.29, 1.82) is 0 Å². The first kappa shape index (κ1) is 18.5. The van der Waals surface area contributed by atoms with Gasteiger partial charge in [0.25, 0.3) is 0 Å². The molecule has 1 heterocycles. The predicted octanol–water partition coefficient (Wildman–Crippen LogP) is 4.59. The second-order valence-corrected chi connectivity index (χ2v) is 9.07. The molecule has 1 aromatic rings. The van der Waals surface area contributed by atoms with E-state index < -0.39 is 5.60 Å².